The van der Waals surface area contributed by atoms with E-state index in [1.54, 1.807) is 6.20 Å². The molecule has 0 saturated heterocycles. The molecule has 4 nitrogen and oxygen atoms in total. The lowest BCUT2D eigenvalue weighted by Crippen LogP contribution is -2.06. The van der Waals surface area contributed by atoms with Crippen LogP contribution in [0.4, 0.5) is 4.79 Å². The molecule has 1 heterocycles. The zero-order valence-electron chi connectivity index (χ0n) is 12.3. The lowest BCUT2D eigenvalue weighted by atomic mass is 9.99. The zero-order valence-corrected chi connectivity index (χ0v) is 12.3. The fourth-order valence-corrected chi connectivity index (χ4v) is 2.25. The molecule has 110 valence electrons. The van der Waals surface area contributed by atoms with E-state index in [1.165, 1.54) is 18.4 Å². The van der Waals surface area contributed by atoms with Crippen LogP contribution in [0.2, 0.25) is 0 Å². The van der Waals surface area contributed by atoms with Crippen LogP contribution in [0.5, 0.6) is 5.88 Å². The molecule has 0 fully saturated rings. The molecule has 0 amide bonds. The van der Waals surface area contributed by atoms with E-state index in [0.717, 1.165) is 23.1 Å². The van der Waals surface area contributed by atoms with E-state index in [1.807, 2.05) is 13.0 Å². The van der Waals surface area contributed by atoms with Gasteiger partial charge in [-0.25, -0.2) is 9.78 Å². The second-order valence-corrected chi connectivity index (χ2v) is 4.96. The Morgan fingerprint density at radius 2 is 1.95 bits per heavy atom. The van der Waals surface area contributed by atoms with Crippen molar-refractivity contribution in [2.24, 2.45) is 0 Å². The Labute approximate surface area is 124 Å². The topological polar surface area (TPSA) is 59.4 Å². The van der Waals surface area contributed by atoms with Gasteiger partial charge in [0.2, 0.25) is 5.88 Å². The van der Waals surface area contributed by atoms with Crippen LogP contribution in [0.3, 0.4) is 0 Å². The van der Waals surface area contributed by atoms with Crippen LogP contribution in [0, 0.1) is 6.92 Å². The van der Waals surface area contributed by atoms with Gasteiger partial charge in [-0.05, 0) is 42.5 Å². The summed E-state index contributed by atoms with van der Waals surface area (Å²) in [7, 11) is 0. The number of aromatic nitrogens is 1. The summed E-state index contributed by atoms with van der Waals surface area (Å²) < 4.78 is 4.69. The summed E-state index contributed by atoms with van der Waals surface area (Å²) in [5.41, 5.74) is 4.00. The third kappa shape index (κ3) is 3.81. The summed E-state index contributed by atoms with van der Waals surface area (Å²) in [4.78, 5) is 14.6. The summed E-state index contributed by atoms with van der Waals surface area (Å²) >= 11 is 0. The maximum Gasteiger partial charge on any atom is 0.512 e. The Morgan fingerprint density at radius 3 is 2.57 bits per heavy atom. The molecule has 0 unspecified atom stereocenters. The summed E-state index contributed by atoms with van der Waals surface area (Å²) in [6.45, 7) is 3.99. The lowest BCUT2D eigenvalue weighted by molar-refractivity contribution is 0.142. The second kappa shape index (κ2) is 6.88. The molecule has 0 aliphatic carbocycles. The number of carboxylic acid groups (broad SMARTS) is 1. The minimum absolute atomic E-state index is 0.134. The van der Waals surface area contributed by atoms with Crippen molar-refractivity contribution in [3.8, 4) is 17.0 Å². The Bertz CT molecular complexity index is 620. The van der Waals surface area contributed by atoms with Gasteiger partial charge in [-0.3, -0.25) is 0 Å². The molecule has 1 N–H and O–H groups in total. The number of unbranched alkanes of at least 4 members (excludes halogenated alkanes) is 1. The average molecular weight is 285 g/mol. The molecular formula is C17H19NO3. The lowest BCUT2D eigenvalue weighted by Gasteiger charge is -2.10. The van der Waals surface area contributed by atoms with Gasteiger partial charge < -0.3 is 9.84 Å². The van der Waals surface area contributed by atoms with Crippen LogP contribution in [-0.4, -0.2) is 16.2 Å². The summed E-state index contributed by atoms with van der Waals surface area (Å²) in [6.07, 6.45) is 3.66. The number of ether oxygens (including phenoxy) is 1. The molecule has 21 heavy (non-hydrogen) atoms. The second-order valence-electron chi connectivity index (χ2n) is 4.96. The van der Waals surface area contributed by atoms with Crippen molar-refractivity contribution in [1.82, 2.24) is 4.98 Å². The number of hydrogen-bond acceptors (Lipinski definition) is 3. The van der Waals surface area contributed by atoms with Gasteiger partial charge in [-0.15, -0.1) is 0 Å². The first-order chi connectivity index (χ1) is 10.1. The SMILES string of the molecule is CCCCc1ccc(-c2ccnc(OC(=O)O)c2C)cc1. The van der Waals surface area contributed by atoms with Gasteiger partial charge in [0.1, 0.15) is 0 Å². The predicted octanol–water partition coefficient (Wildman–Crippen LogP) is 4.46. The Morgan fingerprint density at radius 1 is 1.24 bits per heavy atom. The molecule has 0 aliphatic rings. The van der Waals surface area contributed by atoms with E-state index >= 15 is 0 Å². The van der Waals surface area contributed by atoms with Gasteiger partial charge in [0.25, 0.3) is 0 Å². The molecule has 2 aromatic rings. The van der Waals surface area contributed by atoms with Crippen molar-refractivity contribution >= 4 is 6.16 Å². The molecule has 0 spiro atoms. The maximum atomic E-state index is 10.7. The smallest absolute Gasteiger partial charge is 0.449 e. The Hall–Kier alpha value is -2.36. The minimum atomic E-state index is -1.35. The molecule has 0 atom stereocenters. The van der Waals surface area contributed by atoms with E-state index in [2.05, 4.69) is 40.9 Å². The van der Waals surface area contributed by atoms with Crippen LogP contribution in [0.15, 0.2) is 36.5 Å². The number of rotatable bonds is 5. The highest BCUT2D eigenvalue weighted by molar-refractivity contribution is 5.70. The predicted molar refractivity (Wildman–Crippen MR) is 81.7 cm³/mol. The highest BCUT2D eigenvalue weighted by Gasteiger charge is 2.11. The van der Waals surface area contributed by atoms with Crippen molar-refractivity contribution in [3.05, 3.63) is 47.7 Å². The first-order valence-corrected chi connectivity index (χ1v) is 7.07. The van der Waals surface area contributed by atoms with Crippen molar-refractivity contribution in [2.45, 2.75) is 33.1 Å². The van der Waals surface area contributed by atoms with E-state index < -0.39 is 6.16 Å². The minimum Gasteiger partial charge on any atom is -0.449 e. The Kier molecular flexibility index (Phi) is 4.93. The molecule has 0 aliphatic heterocycles. The first-order valence-electron chi connectivity index (χ1n) is 7.07. The van der Waals surface area contributed by atoms with Crippen LogP contribution >= 0.6 is 0 Å². The van der Waals surface area contributed by atoms with Crippen molar-refractivity contribution in [1.29, 1.82) is 0 Å². The molecule has 0 saturated carbocycles. The standard InChI is InChI=1S/C17H19NO3/c1-3-4-5-13-6-8-14(9-7-13)15-10-11-18-16(12(15)2)21-17(19)20/h6-11H,3-5H2,1-2H3,(H,19,20). The van der Waals surface area contributed by atoms with Crippen LogP contribution in [0.1, 0.15) is 30.9 Å². The monoisotopic (exact) mass is 285 g/mol. The molecule has 0 radical (unpaired) electrons. The average Bonchev–Trinajstić information content (AvgIpc) is 2.47. The molecular weight excluding hydrogens is 266 g/mol. The van der Waals surface area contributed by atoms with E-state index in [4.69, 9.17) is 5.11 Å². The number of carbonyl (C=O) groups is 1. The van der Waals surface area contributed by atoms with Gasteiger partial charge in [-0.1, -0.05) is 37.6 Å². The number of aryl methyl sites for hydroxylation is 1. The Balaban J connectivity index is 2.27. The molecule has 4 heteroatoms. The molecule has 2 rings (SSSR count). The number of benzene rings is 1. The summed E-state index contributed by atoms with van der Waals surface area (Å²) in [5, 5.41) is 8.71. The number of nitrogens with zero attached hydrogens (tertiary/aromatic N) is 1. The zero-order chi connectivity index (χ0) is 15.2. The van der Waals surface area contributed by atoms with Crippen molar-refractivity contribution in [3.63, 3.8) is 0 Å². The van der Waals surface area contributed by atoms with Crippen molar-refractivity contribution in [2.75, 3.05) is 0 Å². The summed E-state index contributed by atoms with van der Waals surface area (Å²) in [5.74, 6) is 0.134. The van der Waals surface area contributed by atoms with Gasteiger partial charge in [-0.2, -0.15) is 0 Å². The highest BCUT2D eigenvalue weighted by Crippen LogP contribution is 2.28. The quantitative estimate of drug-likeness (QED) is 0.824. The first kappa shape index (κ1) is 15.0. The normalized spacial score (nSPS) is 10.4. The summed E-state index contributed by atoms with van der Waals surface area (Å²) in [6, 6.07) is 10.2. The number of pyridine rings is 1. The van der Waals surface area contributed by atoms with Crippen molar-refractivity contribution < 1.29 is 14.6 Å². The van der Waals surface area contributed by atoms with Gasteiger partial charge in [0.05, 0.1) is 0 Å². The van der Waals surface area contributed by atoms with E-state index in [9.17, 15) is 4.79 Å². The maximum absolute atomic E-state index is 10.7. The van der Waals surface area contributed by atoms with Gasteiger partial charge in [0.15, 0.2) is 0 Å². The van der Waals surface area contributed by atoms with E-state index in [0.29, 0.717) is 0 Å². The van der Waals surface area contributed by atoms with E-state index in [-0.39, 0.29) is 5.88 Å². The highest BCUT2D eigenvalue weighted by atomic mass is 16.7. The van der Waals surface area contributed by atoms with Crippen LogP contribution in [0.25, 0.3) is 11.1 Å². The third-order valence-corrected chi connectivity index (χ3v) is 3.43. The fourth-order valence-electron chi connectivity index (χ4n) is 2.25. The third-order valence-electron chi connectivity index (χ3n) is 3.43. The fraction of sp³-hybridized carbons (Fsp3) is 0.294. The molecule has 0 bridgehead atoms. The molecule has 1 aromatic carbocycles. The van der Waals surface area contributed by atoms with Crippen LogP contribution in [-0.2, 0) is 6.42 Å². The largest absolute Gasteiger partial charge is 0.512 e. The number of hydrogen-bond donors (Lipinski definition) is 1. The van der Waals surface area contributed by atoms with Gasteiger partial charge >= 0.3 is 6.16 Å². The van der Waals surface area contributed by atoms with Crippen LogP contribution < -0.4 is 4.74 Å². The molecule has 1 aromatic heterocycles. The van der Waals surface area contributed by atoms with Gasteiger partial charge in [0, 0.05) is 11.8 Å².